The Hall–Kier alpha value is -1.78. The van der Waals surface area contributed by atoms with Crippen LogP contribution in [0.15, 0.2) is 65.6 Å². The second-order valence-electron chi connectivity index (χ2n) is 6.09. The second-order valence-corrected chi connectivity index (χ2v) is 7.77. The smallest absolute Gasteiger partial charge is 0.306 e. The van der Waals surface area contributed by atoms with Crippen LogP contribution in [0, 0.1) is 0 Å². The van der Waals surface area contributed by atoms with Gasteiger partial charge < -0.3 is 9.29 Å². The molecule has 3 nitrogen and oxygen atoms in total. The van der Waals surface area contributed by atoms with Crippen molar-refractivity contribution < 1.29 is 14.1 Å². The molecule has 1 fully saturated rings. The monoisotopic (exact) mass is 342 g/mol. The van der Waals surface area contributed by atoms with E-state index in [1.807, 2.05) is 48.5 Å². The number of hydrogen-bond acceptors (Lipinski definition) is 3. The van der Waals surface area contributed by atoms with Crippen molar-refractivity contribution in [2.24, 2.45) is 0 Å². The maximum atomic E-state index is 13.1. The Morgan fingerprint density at radius 2 is 1.75 bits per heavy atom. The zero-order valence-corrected chi connectivity index (χ0v) is 14.4. The van der Waals surface area contributed by atoms with Crippen molar-refractivity contribution >= 4 is 17.1 Å². The number of aryl methyl sites for hydroxylation is 1. The van der Waals surface area contributed by atoms with Crippen LogP contribution in [0.2, 0.25) is 0 Å². The molecule has 3 atom stereocenters. The first kappa shape index (κ1) is 17.1. The maximum Gasteiger partial charge on any atom is 0.306 e. The minimum atomic E-state index is -1.18. The Balaban J connectivity index is 1.76. The number of esters is 1. The van der Waals surface area contributed by atoms with E-state index in [0.29, 0.717) is 6.42 Å². The number of carbonyl (C=O) groups excluding carboxylic acids is 1. The SMILES string of the molecule is O=C1CCC[C@@H](C(CCc2ccccc2)[S+]([O-])c2ccccc2)O1. The van der Waals surface area contributed by atoms with E-state index in [1.54, 1.807) is 0 Å². The van der Waals surface area contributed by atoms with Gasteiger partial charge in [0.2, 0.25) is 0 Å². The fraction of sp³-hybridized carbons (Fsp3) is 0.350. The third-order valence-electron chi connectivity index (χ3n) is 4.38. The molecular weight excluding hydrogens is 320 g/mol. The molecule has 0 aromatic heterocycles. The lowest BCUT2D eigenvalue weighted by Crippen LogP contribution is -2.40. The molecule has 0 radical (unpaired) electrons. The van der Waals surface area contributed by atoms with Crippen molar-refractivity contribution in [2.45, 2.75) is 48.4 Å². The lowest BCUT2D eigenvalue weighted by atomic mass is 10.0. The molecule has 1 aliphatic heterocycles. The van der Waals surface area contributed by atoms with Gasteiger partial charge in [0.05, 0.1) is 0 Å². The van der Waals surface area contributed by atoms with Gasteiger partial charge in [0.1, 0.15) is 6.10 Å². The van der Waals surface area contributed by atoms with Crippen LogP contribution in [0.4, 0.5) is 0 Å². The number of ether oxygens (including phenoxy) is 1. The van der Waals surface area contributed by atoms with Crippen LogP contribution < -0.4 is 0 Å². The van der Waals surface area contributed by atoms with Crippen LogP contribution >= 0.6 is 0 Å². The molecule has 0 aliphatic carbocycles. The van der Waals surface area contributed by atoms with Crippen molar-refractivity contribution in [3.8, 4) is 0 Å². The molecular formula is C20H22O3S. The molecule has 1 heterocycles. The molecule has 0 N–H and O–H groups in total. The Kier molecular flexibility index (Phi) is 5.94. The van der Waals surface area contributed by atoms with Crippen LogP contribution in [-0.4, -0.2) is 21.9 Å². The molecule has 2 aromatic carbocycles. The van der Waals surface area contributed by atoms with Gasteiger partial charge in [-0.15, -0.1) is 0 Å². The molecule has 2 aromatic rings. The van der Waals surface area contributed by atoms with Crippen LogP contribution in [0.3, 0.4) is 0 Å². The van der Waals surface area contributed by atoms with Gasteiger partial charge in [0, 0.05) is 12.8 Å². The molecule has 2 unspecified atom stereocenters. The van der Waals surface area contributed by atoms with E-state index in [2.05, 4.69) is 12.1 Å². The van der Waals surface area contributed by atoms with E-state index in [0.717, 1.165) is 30.6 Å². The minimum Gasteiger partial charge on any atom is -0.611 e. The van der Waals surface area contributed by atoms with Crippen LogP contribution in [0.1, 0.15) is 31.2 Å². The van der Waals surface area contributed by atoms with Gasteiger partial charge >= 0.3 is 5.97 Å². The van der Waals surface area contributed by atoms with E-state index in [4.69, 9.17) is 4.74 Å². The van der Waals surface area contributed by atoms with E-state index < -0.39 is 11.2 Å². The predicted octanol–water partition coefficient (Wildman–Crippen LogP) is 3.89. The summed E-state index contributed by atoms with van der Waals surface area (Å²) >= 11 is -1.18. The van der Waals surface area contributed by atoms with Crippen LogP contribution in [-0.2, 0) is 27.1 Å². The van der Waals surface area contributed by atoms with E-state index in [-0.39, 0.29) is 17.3 Å². The van der Waals surface area contributed by atoms with Gasteiger partial charge in [-0.3, -0.25) is 4.79 Å². The Labute approximate surface area is 146 Å². The third-order valence-corrected chi connectivity index (χ3v) is 6.20. The first-order valence-corrected chi connectivity index (χ1v) is 9.64. The van der Waals surface area contributed by atoms with Crippen LogP contribution in [0.25, 0.3) is 0 Å². The van der Waals surface area contributed by atoms with Gasteiger partial charge in [0.25, 0.3) is 0 Å². The largest absolute Gasteiger partial charge is 0.611 e. The molecule has 0 bridgehead atoms. The Morgan fingerprint density at radius 1 is 1.08 bits per heavy atom. The molecule has 0 spiro atoms. The summed E-state index contributed by atoms with van der Waals surface area (Å²) in [5, 5.41) is -0.170. The highest BCUT2D eigenvalue weighted by Gasteiger charge is 2.37. The van der Waals surface area contributed by atoms with Crippen molar-refractivity contribution in [2.75, 3.05) is 0 Å². The number of benzene rings is 2. The lowest BCUT2D eigenvalue weighted by Gasteiger charge is -2.31. The summed E-state index contributed by atoms with van der Waals surface area (Å²) in [6.45, 7) is 0. The fourth-order valence-electron chi connectivity index (χ4n) is 3.11. The zero-order chi connectivity index (χ0) is 16.8. The highest BCUT2D eigenvalue weighted by molar-refractivity contribution is 7.92. The predicted molar refractivity (Wildman–Crippen MR) is 95.1 cm³/mol. The number of cyclic esters (lactones) is 1. The zero-order valence-electron chi connectivity index (χ0n) is 13.6. The standard InChI is InChI=1S/C20H22O3S/c21-20-13-7-12-18(23-20)19(15-14-16-8-3-1-4-9-16)24(22)17-10-5-2-6-11-17/h1-6,8-11,18-19H,7,12-15H2/t18-,19?,24?/m0/s1. The Morgan fingerprint density at radius 3 is 2.42 bits per heavy atom. The topological polar surface area (TPSA) is 49.4 Å². The van der Waals surface area contributed by atoms with Crippen molar-refractivity contribution in [1.82, 2.24) is 0 Å². The molecule has 24 heavy (non-hydrogen) atoms. The highest BCUT2D eigenvalue weighted by Crippen LogP contribution is 2.29. The molecule has 0 amide bonds. The molecule has 4 heteroatoms. The molecule has 0 saturated carbocycles. The van der Waals surface area contributed by atoms with E-state index in [1.165, 1.54) is 5.56 Å². The molecule has 1 saturated heterocycles. The average molecular weight is 342 g/mol. The lowest BCUT2D eigenvalue weighted by molar-refractivity contribution is -0.153. The quantitative estimate of drug-likeness (QED) is 0.591. The number of rotatable bonds is 6. The van der Waals surface area contributed by atoms with Crippen molar-refractivity contribution in [3.05, 3.63) is 66.2 Å². The summed E-state index contributed by atoms with van der Waals surface area (Å²) in [6.07, 6.45) is 3.40. The van der Waals surface area contributed by atoms with E-state index in [9.17, 15) is 9.35 Å². The second kappa shape index (κ2) is 8.36. The Bertz CT molecular complexity index is 644. The number of hydrogen-bond donors (Lipinski definition) is 0. The molecule has 126 valence electrons. The summed E-state index contributed by atoms with van der Waals surface area (Å²) in [7, 11) is 0. The first-order chi connectivity index (χ1) is 11.7. The van der Waals surface area contributed by atoms with Gasteiger partial charge in [-0.1, -0.05) is 48.5 Å². The van der Waals surface area contributed by atoms with Crippen molar-refractivity contribution in [3.63, 3.8) is 0 Å². The fourth-order valence-corrected chi connectivity index (χ4v) is 4.68. The normalized spacial score (nSPS) is 20.2. The van der Waals surface area contributed by atoms with Gasteiger partial charge in [-0.05, 0) is 48.1 Å². The maximum absolute atomic E-state index is 13.1. The summed E-state index contributed by atoms with van der Waals surface area (Å²) in [4.78, 5) is 12.5. The number of carbonyl (C=O) groups is 1. The average Bonchev–Trinajstić information content (AvgIpc) is 2.63. The minimum absolute atomic E-state index is 0.166. The van der Waals surface area contributed by atoms with E-state index >= 15 is 0 Å². The van der Waals surface area contributed by atoms with Crippen LogP contribution in [0.5, 0.6) is 0 Å². The summed E-state index contributed by atoms with van der Waals surface area (Å²) < 4.78 is 18.6. The summed E-state index contributed by atoms with van der Waals surface area (Å²) in [5.41, 5.74) is 1.22. The highest BCUT2D eigenvalue weighted by atomic mass is 32.2. The van der Waals surface area contributed by atoms with Gasteiger partial charge in [0.15, 0.2) is 10.1 Å². The van der Waals surface area contributed by atoms with Crippen molar-refractivity contribution in [1.29, 1.82) is 0 Å². The summed E-state index contributed by atoms with van der Waals surface area (Å²) in [5.74, 6) is -0.166. The van der Waals surface area contributed by atoms with Gasteiger partial charge in [-0.2, -0.15) is 0 Å². The molecule has 3 rings (SSSR count). The first-order valence-electron chi connectivity index (χ1n) is 8.43. The molecule has 1 aliphatic rings. The summed E-state index contributed by atoms with van der Waals surface area (Å²) in [6, 6.07) is 19.7. The van der Waals surface area contributed by atoms with Gasteiger partial charge in [-0.25, -0.2) is 0 Å². The third kappa shape index (κ3) is 4.40.